The molecule has 0 fully saturated rings. The molecule has 7 heteroatoms. The molecule has 0 aliphatic carbocycles. The summed E-state index contributed by atoms with van der Waals surface area (Å²) in [6.07, 6.45) is -1.03. The summed E-state index contributed by atoms with van der Waals surface area (Å²) < 4.78 is 13.5. The molecular formula is C18H19FN2O4. The standard InChI is InChI=1S/C18H19FN2O4/c1-18(2,3)20(17(22)23)11-12-4-6-13(7-5-12)15-10-14(19)8-9-16(15)21(24)25/h4-10H,11H2,1-3H3,(H,22,23). The molecule has 0 spiro atoms. The van der Waals surface area contributed by atoms with Gasteiger partial charge in [-0.1, -0.05) is 24.3 Å². The lowest BCUT2D eigenvalue weighted by Crippen LogP contribution is -2.44. The average molecular weight is 346 g/mol. The van der Waals surface area contributed by atoms with Crippen LogP contribution in [0.25, 0.3) is 11.1 Å². The predicted octanol–water partition coefficient (Wildman–Crippen LogP) is 4.68. The van der Waals surface area contributed by atoms with Gasteiger partial charge in [0.05, 0.1) is 10.5 Å². The van der Waals surface area contributed by atoms with Gasteiger partial charge in [0.2, 0.25) is 0 Å². The fourth-order valence-corrected chi connectivity index (χ4v) is 2.46. The maximum absolute atomic E-state index is 13.5. The number of hydrogen-bond acceptors (Lipinski definition) is 3. The van der Waals surface area contributed by atoms with Gasteiger partial charge in [-0.3, -0.25) is 15.0 Å². The first kappa shape index (κ1) is 18.4. The molecule has 0 aliphatic rings. The van der Waals surface area contributed by atoms with Crippen molar-refractivity contribution in [3.8, 4) is 11.1 Å². The molecule has 0 aliphatic heterocycles. The molecule has 1 N–H and O–H groups in total. The molecule has 0 radical (unpaired) electrons. The topological polar surface area (TPSA) is 83.7 Å². The van der Waals surface area contributed by atoms with E-state index in [-0.39, 0.29) is 17.8 Å². The number of rotatable bonds is 4. The second-order valence-corrected chi connectivity index (χ2v) is 6.66. The fourth-order valence-electron chi connectivity index (χ4n) is 2.46. The van der Waals surface area contributed by atoms with E-state index in [0.29, 0.717) is 5.56 Å². The summed E-state index contributed by atoms with van der Waals surface area (Å²) in [6.45, 7) is 5.58. The molecule has 0 heterocycles. The van der Waals surface area contributed by atoms with Crippen LogP contribution < -0.4 is 0 Å². The van der Waals surface area contributed by atoms with Crippen molar-refractivity contribution in [3.05, 3.63) is 64.0 Å². The zero-order valence-corrected chi connectivity index (χ0v) is 14.2. The van der Waals surface area contributed by atoms with Gasteiger partial charge in [0.1, 0.15) is 5.82 Å². The van der Waals surface area contributed by atoms with Gasteiger partial charge >= 0.3 is 6.09 Å². The van der Waals surface area contributed by atoms with Crippen LogP contribution >= 0.6 is 0 Å². The molecule has 0 unspecified atom stereocenters. The van der Waals surface area contributed by atoms with Gasteiger partial charge in [0.25, 0.3) is 5.69 Å². The Labute approximate surface area is 144 Å². The Morgan fingerprint density at radius 2 is 1.80 bits per heavy atom. The summed E-state index contributed by atoms with van der Waals surface area (Å²) in [5.41, 5.74) is 0.664. The number of carboxylic acid groups (broad SMARTS) is 1. The largest absolute Gasteiger partial charge is 0.465 e. The number of halogens is 1. The van der Waals surface area contributed by atoms with Gasteiger partial charge in [0.15, 0.2) is 0 Å². The van der Waals surface area contributed by atoms with E-state index in [1.54, 1.807) is 45.0 Å². The van der Waals surface area contributed by atoms with Gasteiger partial charge in [0, 0.05) is 18.2 Å². The number of carbonyl (C=O) groups is 1. The summed E-state index contributed by atoms with van der Waals surface area (Å²) in [7, 11) is 0. The maximum atomic E-state index is 13.5. The first-order chi connectivity index (χ1) is 11.6. The molecule has 132 valence electrons. The number of nitro benzene ring substituents is 1. The van der Waals surface area contributed by atoms with Crippen LogP contribution in [0.5, 0.6) is 0 Å². The molecule has 0 atom stereocenters. The fraction of sp³-hybridized carbons (Fsp3) is 0.278. The Hall–Kier alpha value is -2.96. The van der Waals surface area contributed by atoms with Crippen LogP contribution in [0.15, 0.2) is 42.5 Å². The van der Waals surface area contributed by atoms with Crippen LogP contribution in [-0.4, -0.2) is 26.6 Å². The van der Waals surface area contributed by atoms with E-state index in [2.05, 4.69) is 0 Å². The Balaban J connectivity index is 2.34. The smallest absolute Gasteiger partial charge is 0.408 e. The van der Waals surface area contributed by atoms with Crippen molar-refractivity contribution in [3.63, 3.8) is 0 Å². The molecular weight excluding hydrogens is 327 g/mol. The lowest BCUT2D eigenvalue weighted by Gasteiger charge is -2.33. The summed E-state index contributed by atoms with van der Waals surface area (Å²) in [5.74, 6) is -0.561. The van der Waals surface area contributed by atoms with Crippen LogP contribution in [-0.2, 0) is 6.54 Å². The molecule has 0 bridgehead atoms. The van der Waals surface area contributed by atoms with E-state index >= 15 is 0 Å². The molecule has 2 aromatic rings. The summed E-state index contributed by atoms with van der Waals surface area (Å²) >= 11 is 0. The van der Waals surface area contributed by atoms with Crippen LogP contribution in [0.4, 0.5) is 14.9 Å². The monoisotopic (exact) mass is 346 g/mol. The summed E-state index contributed by atoms with van der Waals surface area (Å²) in [6, 6.07) is 9.91. The second kappa shape index (κ2) is 6.88. The van der Waals surface area contributed by atoms with E-state index in [9.17, 15) is 24.4 Å². The van der Waals surface area contributed by atoms with E-state index in [0.717, 1.165) is 23.8 Å². The Bertz CT molecular complexity index is 798. The highest BCUT2D eigenvalue weighted by atomic mass is 19.1. The third-order valence-electron chi connectivity index (χ3n) is 3.80. The highest BCUT2D eigenvalue weighted by molar-refractivity contribution is 5.73. The molecule has 2 rings (SSSR count). The molecule has 2 aromatic carbocycles. The molecule has 25 heavy (non-hydrogen) atoms. The van der Waals surface area contributed by atoms with Gasteiger partial charge in [-0.15, -0.1) is 0 Å². The Morgan fingerprint density at radius 1 is 1.20 bits per heavy atom. The molecule has 0 saturated carbocycles. The van der Waals surface area contributed by atoms with E-state index in [1.165, 1.54) is 4.90 Å². The Kier molecular flexibility index (Phi) is 5.06. The minimum atomic E-state index is -1.03. The van der Waals surface area contributed by atoms with Crippen molar-refractivity contribution in [2.24, 2.45) is 0 Å². The van der Waals surface area contributed by atoms with Crippen LogP contribution in [0.2, 0.25) is 0 Å². The van der Waals surface area contributed by atoms with Crippen molar-refractivity contribution in [2.45, 2.75) is 32.9 Å². The normalized spacial score (nSPS) is 11.2. The van der Waals surface area contributed by atoms with Crippen LogP contribution in [0.3, 0.4) is 0 Å². The minimum Gasteiger partial charge on any atom is -0.465 e. The number of benzene rings is 2. The van der Waals surface area contributed by atoms with Gasteiger partial charge in [-0.05, 0) is 44.0 Å². The van der Waals surface area contributed by atoms with E-state index in [1.807, 2.05) is 0 Å². The Morgan fingerprint density at radius 3 is 2.28 bits per heavy atom. The summed E-state index contributed by atoms with van der Waals surface area (Å²) in [4.78, 5) is 23.3. The van der Waals surface area contributed by atoms with Gasteiger partial charge < -0.3 is 5.11 Å². The zero-order chi connectivity index (χ0) is 18.8. The highest BCUT2D eigenvalue weighted by Gasteiger charge is 2.26. The van der Waals surface area contributed by atoms with Crippen molar-refractivity contribution < 1.29 is 19.2 Å². The third-order valence-corrected chi connectivity index (χ3v) is 3.80. The maximum Gasteiger partial charge on any atom is 0.408 e. The summed E-state index contributed by atoms with van der Waals surface area (Å²) in [5, 5.41) is 20.5. The van der Waals surface area contributed by atoms with Crippen LogP contribution in [0, 0.1) is 15.9 Å². The molecule has 1 amide bonds. The number of hydrogen-bond donors (Lipinski definition) is 1. The molecule has 0 aromatic heterocycles. The zero-order valence-electron chi connectivity index (χ0n) is 14.2. The number of nitro groups is 1. The lowest BCUT2D eigenvalue weighted by atomic mass is 10.0. The predicted molar refractivity (Wildman–Crippen MR) is 91.8 cm³/mol. The number of amides is 1. The van der Waals surface area contributed by atoms with Gasteiger partial charge in [-0.2, -0.15) is 0 Å². The lowest BCUT2D eigenvalue weighted by molar-refractivity contribution is -0.384. The highest BCUT2D eigenvalue weighted by Crippen LogP contribution is 2.31. The molecule has 0 saturated heterocycles. The van der Waals surface area contributed by atoms with Crippen molar-refractivity contribution in [1.82, 2.24) is 4.90 Å². The first-order valence-corrected chi connectivity index (χ1v) is 7.63. The molecule has 6 nitrogen and oxygen atoms in total. The van der Waals surface area contributed by atoms with Crippen molar-refractivity contribution in [2.75, 3.05) is 0 Å². The SMILES string of the molecule is CC(C)(C)N(Cc1ccc(-c2cc(F)ccc2[N+](=O)[O-])cc1)C(=O)O. The third kappa shape index (κ3) is 4.32. The van der Waals surface area contributed by atoms with Crippen molar-refractivity contribution >= 4 is 11.8 Å². The minimum absolute atomic E-state index is 0.183. The van der Waals surface area contributed by atoms with E-state index < -0.39 is 22.4 Å². The van der Waals surface area contributed by atoms with E-state index in [4.69, 9.17) is 0 Å². The van der Waals surface area contributed by atoms with Crippen molar-refractivity contribution in [1.29, 1.82) is 0 Å². The first-order valence-electron chi connectivity index (χ1n) is 7.63. The quantitative estimate of drug-likeness (QED) is 0.643. The number of nitrogens with zero attached hydrogens (tertiary/aromatic N) is 2. The average Bonchev–Trinajstić information content (AvgIpc) is 2.51. The van der Waals surface area contributed by atoms with Gasteiger partial charge in [-0.25, -0.2) is 9.18 Å². The second-order valence-electron chi connectivity index (χ2n) is 6.66. The van der Waals surface area contributed by atoms with Crippen LogP contribution in [0.1, 0.15) is 26.3 Å².